The normalized spacial score (nSPS) is 49.2. The van der Waals surface area contributed by atoms with Gasteiger partial charge in [-0.25, -0.2) is 19.2 Å². The van der Waals surface area contributed by atoms with E-state index >= 15 is 0 Å². The van der Waals surface area contributed by atoms with E-state index in [0.717, 1.165) is 0 Å². The first-order valence-corrected chi connectivity index (χ1v) is 14.1. The fourth-order valence-electron chi connectivity index (χ4n) is 5.43. The van der Waals surface area contributed by atoms with Crippen LogP contribution in [0.3, 0.4) is 0 Å². The van der Waals surface area contributed by atoms with Gasteiger partial charge in [0, 0.05) is 0 Å². The Morgan fingerprint density at radius 1 is 0.347 bits per heavy atom. The van der Waals surface area contributed by atoms with Gasteiger partial charge in [-0.2, -0.15) is 0 Å². The molecule has 1 unspecified atom stereocenters. The van der Waals surface area contributed by atoms with E-state index in [4.69, 9.17) is 28.4 Å². The van der Waals surface area contributed by atoms with Gasteiger partial charge in [-0.05, 0) is 0 Å². The van der Waals surface area contributed by atoms with Gasteiger partial charge in [-0.15, -0.1) is 0 Å². The summed E-state index contributed by atoms with van der Waals surface area (Å²) in [5, 5.41) is 141. The summed E-state index contributed by atoms with van der Waals surface area (Å²) >= 11 is 0. The van der Waals surface area contributed by atoms with E-state index in [2.05, 4.69) is 4.74 Å². The van der Waals surface area contributed by atoms with Gasteiger partial charge in [0.1, 0.15) is 73.2 Å². The molecule has 280 valence electrons. The summed E-state index contributed by atoms with van der Waals surface area (Å²) in [5.74, 6) is -7.64. The number of carboxylic acid groups (broad SMARTS) is 4. The molecule has 4 fully saturated rings. The third kappa shape index (κ3) is 7.62. The molecule has 0 aromatic heterocycles. The van der Waals surface area contributed by atoms with E-state index in [0.29, 0.717) is 0 Å². The first kappa shape index (κ1) is 39.0. The third-order valence-corrected chi connectivity index (χ3v) is 8.07. The van der Waals surface area contributed by atoms with Gasteiger partial charge in [-0.3, -0.25) is 0 Å². The van der Waals surface area contributed by atoms with E-state index in [1.807, 2.05) is 0 Å². The summed E-state index contributed by atoms with van der Waals surface area (Å²) in [5.41, 5.74) is 0. The van der Waals surface area contributed by atoms with Crippen molar-refractivity contribution in [3.8, 4) is 0 Å². The van der Waals surface area contributed by atoms with Crippen molar-refractivity contribution in [2.75, 3.05) is 0 Å². The van der Waals surface area contributed by atoms with E-state index in [1.165, 1.54) is 0 Å². The van der Waals surface area contributed by atoms with Gasteiger partial charge < -0.3 is 105 Å². The molecule has 4 aliphatic heterocycles. The van der Waals surface area contributed by atoms with Crippen LogP contribution in [-0.4, -0.2) is 218 Å². The molecular weight excluding hydrogens is 688 g/mol. The van der Waals surface area contributed by atoms with Crippen LogP contribution in [0.2, 0.25) is 0 Å². The van der Waals surface area contributed by atoms with E-state index in [1.54, 1.807) is 0 Å². The number of rotatable bonds is 10. The van der Waals surface area contributed by atoms with Crippen molar-refractivity contribution in [2.45, 2.75) is 123 Å². The Hall–Kier alpha value is -2.80. The number of aliphatic carboxylic acids is 4. The van der Waals surface area contributed by atoms with Gasteiger partial charge in [-0.1, -0.05) is 0 Å². The average Bonchev–Trinajstić information content (AvgIpc) is 3.03. The van der Waals surface area contributed by atoms with Gasteiger partial charge in [0.25, 0.3) is 0 Å². The van der Waals surface area contributed by atoms with Crippen molar-refractivity contribution in [3.05, 3.63) is 0 Å². The molecule has 0 aromatic carbocycles. The number of hydrogen-bond acceptors (Lipinski definition) is 21. The molecule has 0 aromatic rings. The summed E-state index contributed by atoms with van der Waals surface area (Å²) in [7, 11) is 0. The Balaban J connectivity index is 1.51. The smallest absolute Gasteiger partial charge is 0.335 e. The van der Waals surface area contributed by atoms with Crippen molar-refractivity contribution in [1.82, 2.24) is 0 Å². The Labute approximate surface area is 271 Å². The van der Waals surface area contributed by atoms with Gasteiger partial charge in [0.15, 0.2) is 49.6 Å². The lowest BCUT2D eigenvalue weighted by Crippen LogP contribution is -2.68. The second-order valence-corrected chi connectivity index (χ2v) is 11.3. The van der Waals surface area contributed by atoms with Crippen LogP contribution in [0.5, 0.6) is 0 Å². The van der Waals surface area contributed by atoms with Crippen LogP contribution in [0.1, 0.15) is 0 Å². The van der Waals surface area contributed by atoms with Crippen LogP contribution < -0.4 is 0 Å². The lowest BCUT2D eigenvalue weighted by molar-refractivity contribution is -0.378. The number of ether oxygens (including phenoxy) is 7. The number of carboxylic acids is 4. The quantitative estimate of drug-likeness (QED) is 0.0995. The molecule has 0 amide bonds. The molecule has 25 heteroatoms. The van der Waals surface area contributed by atoms with Crippen LogP contribution in [0.25, 0.3) is 0 Å². The standard InChI is InChI=1S/C24H34O25/c25-1-2(26)13(17(34)35)47-22(7(1)31)45-11-4(28)9(33)24(49-15(11)19(38)39)46-12-5(29)8(32)23(48-16(12)20(40)41)44-10-3(27)6(30)21(42)43-14(10)18(36)37/h1-16,21-33,42H,(H,34,35)(H,36,37)(H,38,39)(H,40,41)/t1-,2-,3+,4+,5+,6-,7-,8-,9-,10-,11-,12-,13-,14-,15-,16+,21?,22+,23+,24+/m0/s1. The minimum absolute atomic E-state index is 1.84. The highest BCUT2D eigenvalue weighted by Crippen LogP contribution is 2.34. The molecule has 0 aliphatic carbocycles. The van der Waals surface area contributed by atoms with Crippen LogP contribution in [0.15, 0.2) is 0 Å². The predicted octanol–water partition coefficient (Wildman–Crippen LogP) is -9.38. The summed E-state index contributed by atoms with van der Waals surface area (Å²) in [6, 6.07) is 0. The first-order valence-electron chi connectivity index (χ1n) is 14.1. The van der Waals surface area contributed by atoms with Crippen LogP contribution in [0.4, 0.5) is 0 Å². The molecule has 0 radical (unpaired) electrons. The van der Waals surface area contributed by atoms with E-state index < -0.39 is 147 Å². The highest BCUT2D eigenvalue weighted by molar-refractivity contribution is 5.75. The zero-order valence-electron chi connectivity index (χ0n) is 24.3. The lowest BCUT2D eigenvalue weighted by Gasteiger charge is -2.47. The molecule has 0 spiro atoms. The molecule has 20 atom stereocenters. The minimum atomic E-state index is -2.43. The number of hydrogen-bond donors (Lipinski definition) is 14. The summed E-state index contributed by atoms with van der Waals surface area (Å²) < 4.78 is 35.3. The number of aliphatic hydroxyl groups excluding tert-OH is 10. The molecule has 0 bridgehead atoms. The molecule has 25 nitrogen and oxygen atoms in total. The van der Waals surface area contributed by atoms with Crippen molar-refractivity contribution < 1.29 is 124 Å². The van der Waals surface area contributed by atoms with Crippen molar-refractivity contribution >= 4 is 23.9 Å². The average molecular weight is 723 g/mol. The summed E-state index contributed by atoms with van der Waals surface area (Å²) in [4.78, 5) is 47.1. The molecule has 49 heavy (non-hydrogen) atoms. The Kier molecular flexibility index (Phi) is 12.1. The minimum Gasteiger partial charge on any atom is -0.479 e. The van der Waals surface area contributed by atoms with Crippen molar-refractivity contribution in [2.24, 2.45) is 0 Å². The largest absolute Gasteiger partial charge is 0.479 e. The highest BCUT2D eigenvalue weighted by atomic mass is 16.8. The first-order chi connectivity index (χ1) is 22.8. The second kappa shape index (κ2) is 15.2. The Bertz CT molecular complexity index is 1220. The van der Waals surface area contributed by atoms with Gasteiger partial charge in [0.2, 0.25) is 0 Å². The Morgan fingerprint density at radius 2 is 0.633 bits per heavy atom. The van der Waals surface area contributed by atoms with E-state index in [-0.39, 0.29) is 0 Å². The fourth-order valence-corrected chi connectivity index (χ4v) is 5.43. The van der Waals surface area contributed by atoms with Crippen LogP contribution in [0, 0.1) is 0 Å². The monoisotopic (exact) mass is 722 g/mol. The zero-order valence-corrected chi connectivity index (χ0v) is 24.3. The Morgan fingerprint density at radius 3 is 0.980 bits per heavy atom. The SMILES string of the molecule is O=C(O)[C@H]1O[C@@H](O[C@H]2[C@H](O)[C@H](O)[C@H](O[C@H]3[C@H](O)[C@H](O)[C@H](O[C@H]4[C@H](O)[C@H](O)C(O)O[C@@H]4C(=O)O)O[C@H]3C(=O)O)O[C@@H]2C(=O)O)[C@@H](O)[C@@H](O)[C@@H]1O. The molecule has 4 saturated heterocycles. The molecular formula is C24H34O25. The fraction of sp³-hybridized carbons (Fsp3) is 0.833. The number of aliphatic hydroxyl groups is 10. The molecule has 4 aliphatic rings. The molecule has 14 N–H and O–H groups in total. The molecule has 0 saturated carbocycles. The lowest BCUT2D eigenvalue weighted by atomic mass is 9.95. The van der Waals surface area contributed by atoms with Crippen LogP contribution in [-0.2, 0) is 52.3 Å². The van der Waals surface area contributed by atoms with Gasteiger partial charge in [0.05, 0.1) is 0 Å². The third-order valence-electron chi connectivity index (χ3n) is 8.07. The van der Waals surface area contributed by atoms with Crippen molar-refractivity contribution in [1.29, 1.82) is 0 Å². The molecule has 4 rings (SSSR count). The molecule has 4 heterocycles. The van der Waals surface area contributed by atoms with Crippen LogP contribution >= 0.6 is 0 Å². The predicted molar refractivity (Wildman–Crippen MR) is 136 cm³/mol. The maximum absolute atomic E-state index is 12.1. The topological polar surface area (TPSA) is 416 Å². The maximum Gasteiger partial charge on any atom is 0.335 e. The van der Waals surface area contributed by atoms with Gasteiger partial charge >= 0.3 is 23.9 Å². The second-order valence-electron chi connectivity index (χ2n) is 11.3. The zero-order chi connectivity index (χ0) is 36.8. The summed E-state index contributed by atoms with van der Waals surface area (Å²) in [6.45, 7) is 0. The summed E-state index contributed by atoms with van der Waals surface area (Å²) in [6.07, 6.45) is -45.8. The van der Waals surface area contributed by atoms with E-state index in [9.17, 15) is 90.7 Å². The maximum atomic E-state index is 12.1. The highest BCUT2D eigenvalue weighted by Gasteiger charge is 2.58. The number of carbonyl (C=O) groups is 4. The van der Waals surface area contributed by atoms with Crippen molar-refractivity contribution in [3.63, 3.8) is 0 Å².